The SMILES string of the molecule is N#Cc1cccc(Nc2cnnc(NCCc3ccc(F)cc3)n2)c1. The molecule has 0 bridgehead atoms. The predicted octanol–water partition coefficient (Wildman–Crippen LogP) is 3.28. The number of rotatable bonds is 6. The molecule has 0 atom stereocenters. The summed E-state index contributed by atoms with van der Waals surface area (Å²) >= 11 is 0. The van der Waals surface area contributed by atoms with Gasteiger partial charge in [-0.15, -0.1) is 5.10 Å². The molecule has 3 aromatic rings. The Bertz CT molecular complexity index is 889. The average Bonchev–Trinajstić information content (AvgIpc) is 2.64. The quantitative estimate of drug-likeness (QED) is 0.719. The van der Waals surface area contributed by atoms with E-state index in [0.29, 0.717) is 30.3 Å². The zero-order chi connectivity index (χ0) is 17.5. The second kappa shape index (κ2) is 7.84. The van der Waals surface area contributed by atoms with E-state index in [1.165, 1.54) is 18.3 Å². The van der Waals surface area contributed by atoms with Crippen LogP contribution in [-0.4, -0.2) is 21.7 Å². The van der Waals surface area contributed by atoms with E-state index in [9.17, 15) is 4.39 Å². The maximum absolute atomic E-state index is 12.9. The van der Waals surface area contributed by atoms with Gasteiger partial charge in [-0.25, -0.2) is 4.39 Å². The third-order valence-corrected chi connectivity index (χ3v) is 3.43. The van der Waals surface area contributed by atoms with Crippen molar-refractivity contribution in [1.29, 1.82) is 5.26 Å². The van der Waals surface area contributed by atoms with Crippen LogP contribution in [0.15, 0.2) is 54.7 Å². The summed E-state index contributed by atoms with van der Waals surface area (Å²) in [4.78, 5) is 4.33. The van der Waals surface area contributed by atoms with Crippen LogP contribution in [0.2, 0.25) is 0 Å². The Morgan fingerprint density at radius 1 is 1.12 bits per heavy atom. The van der Waals surface area contributed by atoms with Crippen molar-refractivity contribution in [2.24, 2.45) is 0 Å². The van der Waals surface area contributed by atoms with E-state index in [-0.39, 0.29) is 5.82 Å². The van der Waals surface area contributed by atoms with E-state index in [2.05, 4.69) is 31.9 Å². The first-order chi connectivity index (χ1) is 12.2. The number of hydrogen-bond donors (Lipinski definition) is 2. The van der Waals surface area contributed by atoms with E-state index >= 15 is 0 Å². The molecule has 0 saturated heterocycles. The van der Waals surface area contributed by atoms with Gasteiger partial charge in [-0.2, -0.15) is 15.3 Å². The summed E-state index contributed by atoms with van der Waals surface area (Å²) in [7, 11) is 0. The van der Waals surface area contributed by atoms with E-state index in [4.69, 9.17) is 5.26 Å². The Balaban J connectivity index is 1.59. The lowest BCUT2D eigenvalue weighted by Crippen LogP contribution is -2.09. The molecule has 124 valence electrons. The Labute approximate surface area is 144 Å². The van der Waals surface area contributed by atoms with E-state index in [0.717, 1.165) is 11.3 Å². The second-order valence-electron chi connectivity index (χ2n) is 5.29. The molecule has 1 aromatic heterocycles. The average molecular weight is 334 g/mol. The van der Waals surface area contributed by atoms with Crippen LogP contribution in [0.3, 0.4) is 0 Å². The zero-order valence-electron chi connectivity index (χ0n) is 13.3. The van der Waals surface area contributed by atoms with Crippen molar-refractivity contribution in [3.8, 4) is 6.07 Å². The molecule has 2 aromatic carbocycles. The minimum Gasteiger partial charge on any atom is -0.353 e. The fraction of sp³-hybridized carbons (Fsp3) is 0.111. The number of nitriles is 1. The number of nitrogens with zero attached hydrogens (tertiary/aromatic N) is 4. The van der Waals surface area contributed by atoms with Gasteiger partial charge in [-0.3, -0.25) is 0 Å². The summed E-state index contributed by atoms with van der Waals surface area (Å²) < 4.78 is 12.9. The lowest BCUT2D eigenvalue weighted by molar-refractivity contribution is 0.627. The van der Waals surface area contributed by atoms with Crippen LogP contribution in [0.5, 0.6) is 0 Å². The number of anilines is 3. The molecule has 0 aliphatic rings. The first kappa shape index (κ1) is 16.3. The number of aromatic nitrogens is 3. The van der Waals surface area contributed by atoms with E-state index in [1.54, 1.807) is 30.3 Å². The van der Waals surface area contributed by atoms with Crippen LogP contribution >= 0.6 is 0 Å². The largest absolute Gasteiger partial charge is 0.353 e. The Morgan fingerprint density at radius 2 is 1.96 bits per heavy atom. The Morgan fingerprint density at radius 3 is 2.76 bits per heavy atom. The van der Waals surface area contributed by atoms with Gasteiger partial charge < -0.3 is 10.6 Å². The van der Waals surface area contributed by atoms with Gasteiger partial charge in [0.2, 0.25) is 5.95 Å². The highest BCUT2D eigenvalue weighted by Crippen LogP contribution is 2.15. The van der Waals surface area contributed by atoms with Crippen molar-refractivity contribution < 1.29 is 4.39 Å². The lowest BCUT2D eigenvalue weighted by atomic mass is 10.1. The van der Waals surface area contributed by atoms with E-state index < -0.39 is 0 Å². The number of halogens is 1. The van der Waals surface area contributed by atoms with Gasteiger partial charge >= 0.3 is 0 Å². The molecular formula is C18H15FN6. The third-order valence-electron chi connectivity index (χ3n) is 3.43. The van der Waals surface area contributed by atoms with Gasteiger partial charge in [0, 0.05) is 12.2 Å². The lowest BCUT2D eigenvalue weighted by Gasteiger charge is -2.08. The molecule has 25 heavy (non-hydrogen) atoms. The molecule has 2 N–H and O–H groups in total. The van der Waals surface area contributed by atoms with Crippen LogP contribution in [0.25, 0.3) is 0 Å². The molecular weight excluding hydrogens is 319 g/mol. The van der Waals surface area contributed by atoms with Crippen LogP contribution in [0.1, 0.15) is 11.1 Å². The zero-order valence-corrected chi connectivity index (χ0v) is 13.3. The molecule has 0 amide bonds. The van der Waals surface area contributed by atoms with Crippen molar-refractivity contribution in [3.63, 3.8) is 0 Å². The molecule has 6 nitrogen and oxygen atoms in total. The summed E-state index contributed by atoms with van der Waals surface area (Å²) in [6.45, 7) is 0.598. The summed E-state index contributed by atoms with van der Waals surface area (Å²) in [6.07, 6.45) is 2.22. The van der Waals surface area contributed by atoms with Crippen molar-refractivity contribution >= 4 is 17.5 Å². The highest BCUT2D eigenvalue weighted by Gasteiger charge is 2.02. The summed E-state index contributed by atoms with van der Waals surface area (Å²) in [5.74, 6) is 0.668. The highest BCUT2D eigenvalue weighted by atomic mass is 19.1. The van der Waals surface area contributed by atoms with Gasteiger partial charge in [0.25, 0.3) is 0 Å². The van der Waals surface area contributed by atoms with Crippen LogP contribution in [-0.2, 0) is 6.42 Å². The fourth-order valence-corrected chi connectivity index (χ4v) is 2.22. The van der Waals surface area contributed by atoms with Gasteiger partial charge in [0.1, 0.15) is 5.82 Å². The predicted molar refractivity (Wildman–Crippen MR) is 92.9 cm³/mol. The minimum absolute atomic E-state index is 0.247. The van der Waals surface area contributed by atoms with Gasteiger partial charge in [0.15, 0.2) is 5.82 Å². The molecule has 0 aliphatic heterocycles. The molecule has 0 unspecified atom stereocenters. The maximum Gasteiger partial charge on any atom is 0.244 e. The molecule has 7 heteroatoms. The van der Waals surface area contributed by atoms with Crippen LogP contribution < -0.4 is 10.6 Å². The number of nitrogens with one attached hydrogen (secondary N) is 2. The molecule has 0 aliphatic carbocycles. The summed E-state index contributed by atoms with van der Waals surface area (Å²) in [6, 6.07) is 15.5. The minimum atomic E-state index is -0.247. The van der Waals surface area contributed by atoms with Gasteiger partial charge in [0.05, 0.1) is 17.8 Å². The molecule has 3 rings (SSSR count). The van der Waals surface area contributed by atoms with Gasteiger partial charge in [-0.1, -0.05) is 18.2 Å². The van der Waals surface area contributed by atoms with Crippen molar-refractivity contribution in [2.45, 2.75) is 6.42 Å². The Kier molecular flexibility index (Phi) is 5.12. The second-order valence-corrected chi connectivity index (χ2v) is 5.29. The van der Waals surface area contributed by atoms with E-state index in [1.807, 2.05) is 6.07 Å². The normalized spacial score (nSPS) is 10.1. The standard InChI is InChI=1S/C18H15FN6/c19-15-6-4-13(5-7-15)8-9-21-18-24-17(12-22-25-18)23-16-3-1-2-14(10-16)11-20/h1-7,10,12H,8-9H2,(H2,21,23,24,25). The smallest absolute Gasteiger partial charge is 0.244 e. The first-order valence-corrected chi connectivity index (χ1v) is 7.68. The van der Waals surface area contributed by atoms with Crippen molar-refractivity contribution in [1.82, 2.24) is 15.2 Å². The summed E-state index contributed by atoms with van der Waals surface area (Å²) in [5.41, 5.74) is 2.32. The third kappa shape index (κ3) is 4.72. The fourth-order valence-electron chi connectivity index (χ4n) is 2.22. The molecule has 0 spiro atoms. The molecule has 0 fully saturated rings. The van der Waals surface area contributed by atoms with Gasteiger partial charge in [-0.05, 0) is 42.3 Å². The summed E-state index contributed by atoms with van der Waals surface area (Å²) in [5, 5.41) is 22.9. The van der Waals surface area contributed by atoms with Crippen LogP contribution in [0, 0.1) is 17.1 Å². The number of hydrogen-bond acceptors (Lipinski definition) is 6. The van der Waals surface area contributed by atoms with Crippen molar-refractivity contribution in [3.05, 3.63) is 71.7 Å². The molecule has 0 radical (unpaired) electrons. The van der Waals surface area contributed by atoms with Crippen LogP contribution in [0.4, 0.5) is 21.8 Å². The first-order valence-electron chi connectivity index (χ1n) is 7.68. The molecule has 0 saturated carbocycles. The number of benzene rings is 2. The molecule has 1 heterocycles. The van der Waals surface area contributed by atoms with Crippen molar-refractivity contribution in [2.75, 3.05) is 17.2 Å². The Hall–Kier alpha value is -3.53. The maximum atomic E-state index is 12.9. The highest BCUT2D eigenvalue weighted by molar-refractivity contribution is 5.58. The topological polar surface area (TPSA) is 86.5 Å². The monoisotopic (exact) mass is 334 g/mol.